The first-order chi connectivity index (χ1) is 10.8. The van der Waals surface area contributed by atoms with Crippen molar-refractivity contribution in [3.8, 4) is 0 Å². The molecule has 0 radical (unpaired) electrons. The largest absolute Gasteiger partial charge is 0.367 e. The van der Waals surface area contributed by atoms with Crippen molar-refractivity contribution < 1.29 is 4.79 Å². The summed E-state index contributed by atoms with van der Waals surface area (Å²) in [5.41, 5.74) is 2.10. The molecule has 2 aliphatic rings. The van der Waals surface area contributed by atoms with Crippen molar-refractivity contribution in [3.05, 3.63) is 29.4 Å². The highest BCUT2D eigenvalue weighted by atomic mass is 32.1. The number of nitrogens with one attached hydrogen (secondary N) is 2. The summed E-state index contributed by atoms with van der Waals surface area (Å²) in [7, 11) is 0. The van der Waals surface area contributed by atoms with Gasteiger partial charge in [0.15, 0.2) is 0 Å². The van der Waals surface area contributed by atoms with Gasteiger partial charge in [-0.2, -0.15) is 0 Å². The van der Waals surface area contributed by atoms with Crippen LogP contribution >= 0.6 is 11.3 Å². The van der Waals surface area contributed by atoms with E-state index >= 15 is 0 Å². The van der Waals surface area contributed by atoms with Crippen LogP contribution in [0.4, 0.5) is 10.9 Å². The Morgan fingerprint density at radius 1 is 1.23 bits per heavy atom. The predicted molar refractivity (Wildman–Crippen MR) is 85.0 cm³/mol. The first kappa shape index (κ1) is 13.6. The van der Waals surface area contributed by atoms with Crippen LogP contribution in [0.25, 0.3) is 0 Å². The van der Waals surface area contributed by atoms with Gasteiger partial charge in [0.2, 0.25) is 5.13 Å². The Morgan fingerprint density at radius 2 is 2.00 bits per heavy atom. The highest BCUT2D eigenvalue weighted by Crippen LogP contribution is 2.45. The molecule has 0 unspecified atom stereocenters. The summed E-state index contributed by atoms with van der Waals surface area (Å²) in [5.74, 6) is 2.28. The molecule has 0 spiro atoms. The Balaban J connectivity index is 1.40. The summed E-state index contributed by atoms with van der Waals surface area (Å²) in [6.07, 6.45) is 6.93. The summed E-state index contributed by atoms with van der Waals surface area (Å²) < 4.78 is 0. The molecule has 0 aliphatic heterocycles. The minimum Gasteiger partial charge on any atom is -0.367 e. The van der Waals surface area contributed by atoms with Gasteiger partial charge in [-0.3, -0.25) is 10.1 Å². The van der Waals surface area contributed by atoms with Crippen molar-refractivity contribution in [3.63, 3.8) is 0 Å². The average Bonchev–Trinajstić information content (AvgIpc) is 3.46. The zero-order valence-corrected chi connectivity index (χ0v) is 12.8. The van der Waals surface area contributed by atoms with Crippen molar-refractivity contribution >= 4 is 28.2 Å². The van der Waals surface area contributed by atoms with Gasteiger partial charge in [0, 0.05) is 12.2 Å². The molecule has 0 atom stereocenters. The molecule has 7 heteroatoms. The van der Waals surface area contributed by atoms with Crippen molar-refractivity contribution in [2.45, 2.75) is 31.7 Å². The molecule has 4 rings (SSSR count). The van der Waals surface area contributed by atoms with E-state index in [4.69, 9.17) is 0 Å². The Labute approximate surface area is 132 Å². The molecule has 0 saturated heterocycles. The molecule has 2 fully saturated rings. The number of nitrogens with zero attached hydrogens (tertiary/aromatic N) is 3. The molecule has 2 aromatic rings. The SMILES string of the molecule is O=C(Nc1nncs1)c1ccc(NC(C2CC2)C2CC2)nc1. The van der Waals surface area contributed by atoms with Crippen molar-refractivity contribution in [1.29, 1.82) is 0 Å². The first-order valence-electron chi connectivity index (χ1n) is 7.60. The Hall–Kier alpha value is -2.02. The second kappa shape index (κ2) is 5.64. The quantitative estimate of drug-likeness (QED) is 0.857. The smallest absolute Gasteiger partial charge is 0.259 e. The fraction of sp³-hybridized carbons (Fsp3) is 0.467. The standard InChI is InChI=1S/C15H17N5OS/c21-14(19-15-20-17-8-22-15)11-5-6-12(16-7-11)18-13(9-1-2-9)10-3-4-10/h5-10,13H,1-4H2,(H,16,18)(H,19,20,21). The van der Waals surface area contributed by atoms with Crippen LogP contribution in [0.1, 0.15) is 36.0 Å². The number of amides is 1. The number of rotatable bonds is 6. The van der Waals surface area contributed by atoms with Gasteiger partial charge in [0.05, 0.1) is 5.56 Å². The number of anilines is 2. The number of carbonyl (C=O) groups is 1. The van der Waals surface area contributed by atoms with E-state index in [2.05, 4.69) is 25.8 Å². The lowest BCUT2D eigenvalue weighted by molar-refractivity contribution is 0.102. The lowest BCUT2D eigenvalue weighted by Gasteiger charge is -2.18. The van der Waals surface area contributed by atoms with Gasteiger partial charge in [-0.15, -0.1) is 10.2 Å². The second-order valence-corrected chi connectivity index (χ2v) is 6.81. The second-order valence-electron chi connectivity index (χ2n) is 5.98. The highest BCUT2D eigenvalue weighted by molar-refractivity contribution is 7.13. The molecule has 2 N–H and O–H groups in total. The maximum atomic E-state index is 12.0. The molecule has 2 aliphatic carbocycles. The molecule has 114 valence electrons. The van der Waals surface area contributed by atoms with Gasteiger partial charge in [0.25, 0.3) is 5.91 Å². The molecule has 2 heterocycles. The zero-order chi connectivity index (χ0) is 14.9. The van der Waals surface area contributed by atoms with Crippen LogP contribution in [-0.2, 0) is 0 Å². The molecule has 1 amide bonds. The van der Waals surface area contributed by atoms with E-state index in [1.165, 1.54) is 37.0 Å². The highest BCUT2D eigenvalue weighted by Gasteiger charge is 2.41. The van der Waals surface area contributed by atoms with Crippen LogP contribution in [0, 0.1) is 11.8 Å². The number of pyridine rings is 1. The van der Waals surface area contributed by atoms with Crippen LogP contribution in [0.3, 0.4) is 0 Å². The van der Waals surface area contributed by atoms with Crippen LogP contribution < -0.4 is 10.6 Å². The summed E-state index contributed by atoms with van der Waals surface area (Å²) >= 11 is 1.29. The molecular formula is C15H17N5OS. The molecule has 0 aromatic carbocycles. The molecule has 2 saturated carbocycles. The van der Waals surface area contributed by atoms with Crippen molar-refractivity contribution in [2.75, 3.05) is 10.6 Å². The Morgan fingerprint density at radius 3 is 2.55 bits per heavy atom. The topological polar surface area (TPSA) is 79.8 Å². The summed E-state index contributed by atoms with van der Waals surface area (Å²) in [6, 6.07) is 4.24. The lowest BCUT2D eigenvalue weighted by atomic mass is 10.1. The Kier molecular flexibility index (Phi) is 3.49. The third-order valence-corrected chi connectivity index (χ3v) is 4.79. The van der Waals surface area contributed by atoms with Gasteiger partial charge in [0.1, 0.15) is 11.3 Å². The van der Waals surface area contributed by atoms with E-state index < -0.39 is 0 Å². The van der Waals surface area contributed by atoms with E-state index in [1.807, 2.05) is 6.07 Å². The van der Waals surface area contributed by atoms with Crippen molar-refractivity contribution in [1.82, 2.24) is 15.2 Å². The van der Waals surface area contributed by atoms with E-state index in [-0.39, 0.29) is 5.91 Å². The molecule has 6 nitrogen and oxygen atoms in total. The van der Waals surface area contributed by atoms with E-state index in [1.54, 1.807) is 17.8 Å². The normalized spacial score (nSPS) is 17.5. The van der Waals surface area contributed by atoms with Crippen LogP contribution in [0.2, 0.25) is 0 Å². The predicted octanol–water partition coefficient (Wildman–Crippen LogP) is 2.79. The molecule has 0 bridgehead atoms. The van der Waals surface area contributed by atoms with Gasteiger partial charge >= 0.3 is 0 Å². The van der Waals surface area contributed by atoms with Crippen molar-refractivity contribution in [2.24, 2.45) is 11.8 Å². The van der Waals surface area contributed by atoms with E-state index in [0.29, 0.717) is 16.7 Å². The zero-order valence-electron chi connectivity index (χ0n) is 12.0. The monoisotopic (exact) mass is 315 g/mol. The summed E-state index contributed by atoms with van der Waals surface area (Å²) in [4.78, 5) is 16.4. The molecule has 22 heavy (non-hydrogen) atoms. The summed E-state index contributed by atoms with van der Waals surface area (Å²) in [6.45, 7) is 0. The van der Waals surface area contributed by atoms with Gasteiger partial charge in [-0.1, -0.05) is 11.3 Å². The van der Waals surface area contributed by atoms with Gasteiger partial charge in [-0.05, 0) is 49.7 Å². The number of carbonyl (C=O) groups excluding carboxylic acids is 1. The minimum absolute atomic E-state index is 0.211. The number of hydrogen-bond donors (Lipinski definition) is 2. The van der Waals surface area contributed by atoms with Gasteiger partial charge < -0.3 is 5.32 Å². The number of hydrogen-bond acceptors (Lipinski definition) is 6. The maximum Gasteiger partial charge on any atom is 0.259 e. The average molecular weight is 315 g/mol. The van der Waals surface area contributed by atoms with Crippen LogP contribution in [-0.4, -0.2) is 27.1 Å². The third kappa shape index (κ3) is 3.09. The number of aromatic nitrogens is 3. The third-order valence-electron chi connectivity index (χ3n) is 4.18. The molecule has 2 aromatic heterocycles. The minimum atomic E-state index is -0.211. The maximum absolute atomic E-state index is 12.0. The molecular weight excluding hydrogens is 298 g/mol. The van der Waals surface area contributed by atoms with E-state index in [9.17, 15) is 4.79 Å². The summed E-state index contributed by atoms with van der Waals surface area (Å²) in [5, 5.41) is 14.2. The van der Waals surface area contributed by atoms with Crippen LogP contribution in [0.15, 0.2) is 23.8 Å². The fourth-order valence-corrected chi connectivity index (χ4v) is 3.15. The van der Waals surface area contributed by atoms with Gasteiger partial charge in [-0.25, -0.2) is 4.98 Å². The first-order valence-corrected chi connectivity index (χ1v) is 8.47. The lowest BCUT2D eigenvalue weighted by Crippen LogP contribution is -2.24. The fourth-order valence-electron chi connectivity index (χ4n) is 2.71. The van der Waals surface area contributed by atoms with E-state index in [0.717, 1.165) is 17.7 Å². The van der Waals surface area contributed by atoms with Crippen LogP contribution in [0.5, 0.6) is 0 Å². The Bertz CT molecular complexity index is 637.